The van der Waals surface area contributed by atoms with E-state index in [0.29, 0.717) is 5.39 Å². The van der Waals surface area contributed by atoms with Crippen LogP contribution in [0.5, 0.6) is 5.75 Å². The van der Waals surface area contributed by atoms with Gasteiger partial charge in [0.25, 0.3) is 0 Å². The van der Waals surface area contributed by atoms with Gasteiger partial charge in [-0.3, -0.25) is 0 Å². The first-order chi connectivity index (χ1) is 14.2. The Morgan fingerprint density at radius 2 is 1.07 bits per heavy atom. The van der Waals surface area contributed by atoms with Crippen molar-refractivity contribution in [3.05, 3.63) is 78.9 Å². The molecule has 5 aromatic rings. The second-order valence-corrected chi connectivity index (χ2v) is 8.52. The van der Waals surface area contributed by atoms with E-state index in [1.807, 2.05) is 54.6 Å². The Balaban J connectivity index is 1.85. The van der Waals surface area contributed by atoms with Crippen LogP contribution in [-0.2, 0) is 10.1 Å². The molecule has 0 aliphatic heterocycles. The highest BCUT2D eigenvalue weighted by molar-refractivity contribution is 7.88. The van der Waals surface area contributed by atoms with Crippen molar-refractivity contribution in [2.45, 2.75) is 5.51 Å². The molecule has 0 saturated heterocycles. The van der Waals surface area contributed by atoms with Crippen molar-refractivity contribution in [3.8, 4) is 5.75 Å². The molecule has 0 amide bonds. The molecule has 0 heterocycles. The highest BCUT2D eigenvalue weighted by atomic mass is 32.2. The standard InChI is InChI=1S/C23H13F3O3S/c24-23(25,26)30(27,28)29-16-9-10-19-21-12-15-6-2-1-5-14(15)11-20(21)17-7-3-4-8-18(17)22(19)13-16/h1-13H. The largest absolute Gasteiger partial charge is 0.534 e. The highest BCUT2D eigenvalue weighted by Crippen LogP contribution is 2.39. The molecule has 0 saturated carbocycles. The summed E-state index contributed by atoms with van der Waals surface area (Å²) in [5.74, 6) is -0.384. The van der Waals surface area contributed by atoms with Crippen LogP contribution >= 0.6 is 0 Å². The number of alkyl halides is 3. The molecule has 7 heteroatoms. The van der Waals surface area contributed by atoms with Crippen molar-refractivity contribution in [2.24, 2.45) is 0 Å². The molecule has 30 heavy (non-hydrogen) atoms. The lowest BCUT2D eigenvalue weighted by Crippen LogP contribution is -2.28. The Morgan fingerprint density at radius 1 is 0.600 bits per heavy atom. The first kappa shape index (κ1) is 18.7. The molecular formula is C23H13F3O3S. The van der Waals surface area contributed by atoms with Crippen LogP contribution in [0.25, 0.3) is 43.1 Å². The van der Waals surface area contributed by atoms with Crippen LogP contribution in [-0.4, -0.2) is 13.9 Å². The van der Waals surface area contributed by atoms with E-state index in [1.165, 1.54) is 12.1 Å². The molecule has 0 N–H and O–H groups in total. The molecule has 0 unspecified atom stereocenters. The van der Waals surface area contributed by atoms with E-state index in [1.54, 1.807) is 6.07 Å². The van der Waals surface area contributed by atoms with Gasteiger partial charge in [-0.2, -0.15) is 21.6 Å². The van der Waals surface area contributed by atoms with Crippen molar-refractivity contribution >= 4 is 53.2 Å². The van der Waals surface area contributed by atoms with Crippen LogP contribution < -0.4 is 4.18 Å². The van der Waals surface area contributed by atoms with E-state index in [0.717, 1.165) is 37.7 Å². The van der Waals surface area contributed by atoms with E-state index >= 15 is 0 Å². The van der Waals surface area contributed by atoms with E-state index in [2.05, 4.69) is 10.2 Å². The second-order valence-electron chi connectivity index (χ2n) is 6.98. The molecule has 0 spiro atoms. The average molecular weight is 426 g/mol. The summed E-state index contributed by atoms with van der Waals surface area (Å²) < 4.78 is 65.4. The predicted octanol–water partition coefficient (Wildman–Crippen LogP) is 6.53. The molecule has 3 nitrogen and oxygen atoms in total. The molecule has 5 aromatic carbocycles. The van der Waals surface area contributed by atoms with Crippen molar-refractivity contribution in [1.29, 1.82) is 0 Å². The van der Waals surface area contributed by atoms with E-state index < -0.39 is 15.6 Å². The van der Waals surface area contributed by atoms with Gasteiger partial charge in [0.05, 0.1) is 0 Å². The van der Waals surface area contributed by atoms with Gasteiger partial charge in [-0.25, -0.2) is 0 Å². The SMILES string of the molecule is O=S(=O)(Oc1ccc2c(c1)c1ccccc1c1cc3ccccc3cc21)C(F)(F)F. The summed E-state index contributed by atoms with van der Waals surface area (Å²) in [6, 6.07) is 23.7. The Hall–Kier alpha value is -3.32. The maximum Gasteiger partial charge on any atom is 0.534 e. The van der Waals surface area contributed by atoms with Gasteiger partial charge in [0.2, 0.25) is 0 Å². The fraction of sp³-hybridized carbons (Fsp3) is 0.0435. The lowest BCUT2D eigenvalue weighted by atomic mass is 9.92. The lowest BCUT2D eigenvalue weighted by Gasteiger charge is -2.14. The van der Waals surface area contributed by atoms with Gasteiger partial charge in [0, 0.05) is 0 Å². The fourth-order valence-corrected chi connectivity index (χ4v) is 4.30. The van der Waals surface area contributed by atoms with Crippen LogP contribution in [0.3, 0.4) is 0 Å². The summed E-state index contributed by atoms with van der Waals surface area (Å²) >= 11 is 0. The smallest absolute Gasteiger partial charge is 0.376 e. The topological polar surface area (TPSA) is 43.4 Å². The van der Waals surface area contributed by atoms with Gasteiger partial charge in [0.1, 0.15) is 5.75 Å². The van der Waals surface area contributed by atoms with Crippen LogP contribution in [0, 0.1) is 0 Å². The minimum atomic E-state index is -5.74. The van der Waals surface area contributed by atoms with Crippen molar-refractivity contribution in [2.75, 3.05) is 0 Å². The van der Waals surface area contributed by atoms with Crippen molar-refractivity contribution < 1.29 is 25.8 Å². The molecule has 0 aliphatic rings. The van der Waals surface area contributed by atoms with Crippen LogP contribution in [0.2, 0.25) is 0 Å². The predicted molar refractivity (Wildman–Crippen MR) is 112 cm³/mol. The Bertz CT molecular complexity index is 1570. The van der Waals surface area contributed by atoms with Gasteiger partial charge >= 0.3 is 15.6 Å². The third kappa shape index (κ3) is 2.85. The van der Waals surface area contributed by atoms with Crippen molar-refractivity contribution in [3.63, 3.8) is 0 Å². The van der Waals surface area contributed by atoms with Crippen LogP contribution in [0.4, 0.5) is 13.2 Å². The normalized spacial score (nSPS) is 12.8. The van der Waals surface area contributed by atoms with Gasteiger partial charge < -0.3 is 4.18 Å². The molecule has 0 radical (unpaired) electrons. The Kier molecular flexibility index (Phi) is 3.95. The number of rotatable bonds is 2. The molecule has 0 aliphatic carbocycles. The zero-order valence-corrected chi connectivity index (χ0v) is 16.1. The van der Waals surface area contributed by atoms with Gasteiger partial charge in [-0.15, -0.1) is 0 Å². The maximum atomic E-state index is 12.7. The number of hydrogen-bond donors (Lipinski definition) is 0. The van der Waals surface area contributed by atoms with Crippen LogP contribution in [0.1, 0.15) is 0 Å². The summed E-state index contributed by atoms with van der Waals surface area (Å²) in [7, 11) is -5.74. The first-order valence-corrected chi connectivity index (χ1v) is 10.4. The maximum absolute atomic E-state index is 12.7. The Morgan fingerprint density at radius 3 is 1.60 bits per heavy atom. The van der Waals surface area contributed by atoms with Gasteiger partial charge in [-0.05, 0) is 73.4 Å². The molecular weight excluding hydrogens is 413 g/mol. The molecule has 0 fully saturated rings. The summed E-state index contributed by atoms with van der Waals surface area (Å²) in [5.41, 5.74) is -5.49. The summed E-state index contributed by atoms with van der Waals surface area (Å²) in [6.07, 6.45) is 0. The highest BCUT2D eigenvalue weighted by Gasteiger charge is 2.48. The molecule has 0 aromatic heterocycles. The molecule has 0 bridgehead atoms. The molecule has 5 rings (SSSR count). The molecule has 0 atom stereocenters. The zero-order chi connectivity index (χ0) is 21.1. The number of hydrogen-bond acceptors (Lipinski definition) is 3. The second kappa shape index (κ2) is 6.34. The Labute approximate surface area is 169 Å². The van der Waals surface area contributed by atoms with E-state index in [4.69, 9.17) is 0 Å². The number of fused-ring (bicyclic) bond motifs is 7. The average Bonchev–Trinajstić information content (AvgIpc) is 2.71. The van der Waals surface area contributed by atoms with Gasteiger partial charge in [-0.1, -0.05) is 48.5 Å². The number of benzene rings is 5. The zero-order valence-electron chi connectivity index (χ0n) is 15.3. The third-order valence-corrected chi connectivity index (χ3v) is 6.14. The van der Waals surface area contributed by atoms with Gasteiger partial charge in [0.15, 0.2) is 0 Å². The van der Waals surface area contributed by atoms with Crippen LogP contribution in [0.15, 0.2) is 78.9 Å². The minimum Gasteiger partial charge on any atom is -0.376 e. The quantitative estimate of drug-likeness (QED) is 0.140. The summed E-state index contributed by atoms with van der Waals surface area (Å²) in [4.78, 5) is 0. The van der Waals surface area contributed by atoms with E-state index in [-0.39, 0.29) is 5.75 Å². The third-order valence-electron chi connectivity index (χ3n) is 5.16. The summed E-state index contributed by atoms with van der Waals surface area (Å²) in [5, 5.41) is 7.16. The lowest BCUT2D eigenvalue weighted by molar-refractivity contribution is -0.0500. The van der Waals surface area contributed by atoms with E-state index in [9.17, 15) is 21.6 Å². The fourth-order valence-electron chi connectivity index (χ4n) is 3.85. The number of halogens is 3. The first-order valence-electron chi connectivity index (χ1n) is 9.02. The summed E-state index contributed by atoms with van der Waals surface area (Å²) in [6.45, 7) is 0. The minimum absolute atomic E-state index is 0.384. The monoisotopic (exact) mass is 426 g/mol. The molecule has 150 valence electrons. The van der Waals surface area contributed by atoms with Crippen molar-refractivity contribution in [1.82, 2.24) is 0 Å².